The Morgan fingerprint density at radius 1 is 1.30 bits per heavy atom. The fraction of sp³-hybridized carbons (Fsp3) is 0.571. The Hall–Kier alpha value is -2.16. The Balaban J connectivity index is 1.75. The van der Waals surface area contributed by atoms with Crippen molar-refractivity contribution in [2.45, 2.75) is 50.0 Å². The molecule has 0 aromatic heterocycles. The van der Waals surface area contributed by atoms with Crippen LogP contribution in [-0.2, 0) is 19.1 Å². The summed E-state index contributed by atoms with van der Waals surface area (Å²) in [6.45, 7) is 3.21. The molecule has 4 rings (SSSR count). The van der Waals surface area contributed by atoms with Crippen molar-refractivity contribution >= 4 is 35.0 Å². The number of fused-ring (bicyclic) bond motifs is 1. The standard InChI is InChI=1S/C21H26ClN3O5/c1-11(10-26)25-16(18(28)24-13-6-4-12(22)5-7-13)21-9-8-20(2,30-21)14(17(27)23-3)15(21)19(25)29/h4-7,11,14-16,26H,8-10H2,1-3H3,(H,23,27)(H,24,28)/t11-,14-,15+,16?,20+,21?/m1/s1. The molecule has 2 bridgehead atoms. The van der Waals surface area contributed by atoms with Gasteiger partial charge in [-0.05, 0) is 51.0 Å². The number of likely N-dealkylation sites (tertiary alicyclic amines) is 1. The van der Waals surface area contributed by atoms with Crippen LogP contribution in [0, 0.1) is 11.8 Å². The molecule has 3 aliphatic heterocycles. The number of aliphatic hydroxyl groups excluding tert-OH is 1. The van der Waals surface area contributed by atoms with Crippen molar-refractivity contribution in [1.29, 1.82) is 0 Å². The van der Waals surface area contributed by atoms with E-state index in [4.69, 9.17) is 16.3 Å². The number of benzene rings is 1. The van der Waals surface area contributed by atoms with Crippen LogP contribution in [-0.4, -0.2) is 64.7 Å². The van der Waals surface area contributed by atoms with Crippen LogP contribution in [0.1, 0.15) is 26.7 Å². The predicted molar refractivity (Wildman–Crippen MR) is 110 cm³/mol. The van der Waals surface area contributed by atoms with Gasteiger partial charge in [0.2, 0.25) is 17.7 Å². The fourth-order valence-electron chi connectivity index (χ4n) is 5.53. The van der Waals surface area contributed by atoms with Crippen molar-refractivity contribution in [2.75, 3.05) is 19.0 Å². The lowest BCUT2D eigenvalue weighted by Crippen LogP contribution is -2.55. The van der Waals surface area contributed by atoms with E-state index in [0.29, 0.717) is 23.6 Å². The molecule has 3 amide bonds. The van der Waals surface area contributed by atoms with E-state index in [2.05, 4.69) is 10.6 Å². The van der Waals surface area contributed by atoms with Gasteiger partial charge in [0.05, 0.1) is 30.1 Å². The van der Waals surface area contributed by atoms with Gasteiger partial charge in [0.15, 0.2) is 0 Å². The van der Waals surface area contributed by atoms with Gasteiger partial charge in [0.25, 0.3) is 0 Å². The summed E-state index contributed by atoms with van der Waals surface area (Å²) < 4.78 is 6.41. The van der Waals surface area contributed by atoms with Gasteiger partial charge in [-0.3, -0.25) is 14.4 Å². The average molecular weight is 436 g/mol. The highest BCUT2D eigenvalue weighted by molar-refractivity contribution is 6.30. The highest BCUT2D eigenvalue weighted by Crippen LogP contribution is 2.63. The first-order chi connectivity index (χ1) is 14.2. The highest BCUT2D eigenvalue weighted by Gasteiger charge is 2.78. The van der Waals surface area contributed by atoms with E-state index in [0.717, 1.165) is 0 Å². The monoisotopic (exact) mass is 435 g/mol. The molecule has 3 saturated heterocycles. The van der Waals surface area contributed by atoms with Crippen molar-refractivity contribution < 1.29 is 24.2 Å². The molecule has 3 heterocycles. The van der Waals surface area contributed by atoms with Crippen LogP contribution in [0.25, 0.3) is 0 Å². The number of ether oxygens (including phenoxy) is 1. The minimum atomic E-state index is -1.11. The fourth-order valence-corrected chi connectivity index (χ4v) is 5.65. The van der Waals surface area contributed by atoms with Crippen LogP contribution < -0.4 is 10.6 Å². The van der Waals surface area contributed by atoms with Crippen LogP contribution in [0.4, 0.5) is 5.69 Å². The Kier molecular flexibility index (Phi) is 5.07. The quantitative estimate of drug-likeness (QED) is 0.643. The van der Waals surface area contributed by atoms with E-state index in [-0.39, 0.29) is 18.4 Å². The molecule has 3 aliphatic rings. The zero-order valence-corrected chi connectivity index (χ0v) is 17.9. The van der Waals surface area contributed by atoms with Crippen molar-refractivity contribution in [1.82, 2.24) is 10.2 Å². The normalized spacial score (nSPS) is 35.3. The van der Waals surface area contributed by atoms with Crippen molar-refractivity contribution in [2.24, 2.45) is 11.8 Å². The van der Waals surface area contributed by atoms with E-state index in [1.165, 1.54) is 11.9 Å². The summed E-state index contributed by atoms with van der Waals surface area (Å²) in [5, 5.41) is 15.8. The summed E-state index contributed by atoms with van der Waals surface area (Å²) in [4.78, 5) is 41.1. The maximum Gasteiger partial charge on any atom is 0.250 e. The first-order valence-electron chi connectivity index (χ1n) is 10.1. The largest absolute Gasteiger partial charge is 0.394 e. The number of carbonyl (C=O) groups is 3. The Bertz CT molecular complexity index is 893. The number of carbonyl (C=O) groups excluding carboxylic acids is 3. The second kappa shape index (κ2) is 7.21. The predicted octanol–water partition coefficient (Wildman–Crippen LogP) is 1.17. The second-order valence-electron chi connectivity index (χ2n) is 8.62. The van der Waals surface area contributed by atoms with Crippen molar-refractivity contribution in [3.63, 3.8) is 0 Å². The van der Waals surface area contributed by atoms with Gasteiger partial charge in [-0.15, -0.1) is 0 Å². The molecule has 0 saturated carbocycles. The molecule has 2 unspecified atom stereocenters. The van der Waals surface area contributed by atoms with Crippen molar-refractivity contribution in [3.8, 4) is 0 Å². The number of amides is 3. The first-order valence-corrected chi connectivity index (χ1v) is 10.5. The third kappa shape index (κ3) is 2.85. The molecule has 0 radical (unpaired) electrons. The van der Waals surface area contributed by atoms with Gasteiger partial charge in [0.1, 0.15) is 11.6 Å². The van der Waals surface area contributed by atoms with E-state index in [1.807, 2.05) is 6.92 Å². The molecule has 1 spiro atoms. The molecule has 3 N–H and O–H groups in total. The van der Waals surface area contributed by atoms with Gasteiger partial charge in [-0.25, -0.2) is 0 Å². The molecule has 3 fully saturated rings. The van der Waals surface area contributed by atoms with E-state index < -0.39 is 41.0 Å². The molecule has 9 heteroatoms. The molecule has 0 aliphatic carbocycles. The van der Waals surface area contributed by atoms with Crippen LogP contribution >= 0.6 is 11.6 Å². The summed E-state index contributed by atoms with van der Waals surface area (Å²) in [5.74, 6) is -2.47. The summed E-state index contributed by atoms with van der Waals surface area (Å²) in [5.41, 5.74) is -1.38. The van der Waals surface area contributed by atoms with Crippen LogP contribution in [0.2, 0.25) is 5.02 Å². The number of aliphatic hydroxyl groups is 1. The van der Waals surface area contributed by atoms with Gasteiger partial charge in [-0.2, -0.15) is 0 Å². The molecule has 6 atom stereocenters. The van der Waals surface area contributed by atoms with Gasteiger partial charge in [0, 0.05) is 17.8 Å². The summed E-state index contributed by atoms with van der Waals surface area (Å²) in [7, 11) is 1.53. The van der Waals surface area contributed by atoms with E-state index in [1.54, 1.807) is 31.2 Å². The van der Waals surface area contributed by atoms with Crippen LogP contribution in [0.15, 0.2) is 24.3 Å². The van der Waals surface area contributed by atoms with Crippen molar-refractivity contribution in [3.05, 3.63) is 29.3 Å². The number of nitrogens with one attached hydrogen (secondary N) is 2. The molecule has 30 heavy (non-hydrogen) atoms. The lowest BCUT2D eigenvalue weighted by molar-refractivity contribution is -0.147. The summed E-state index contributed by atoms with van der Waals surface area (Å²) >= 11 is 5.92. The SMILES string of the molecule is CNC(=O)[C@H]1[C@H]2C(=O)N([C@H](C)CO)C(C(=O)Nc3ccc(Cl)cc3)C23CC[C@]1(C)O3. The third-order valence-electron chi connectivity index (χ3n) is 6.84. The van der Waals surface area contributed by atoms with Crippen LogP contribution in [0.5, 0.6) is 0 Å². The number of hydrogen-bond acceptors (Lipinski definition) is 5. The molecule has 1 aromatic rings. The lowest BCUT2D eigenvalue weighted by Gasteiger charge is -2.35. The molecule has 8 nitrogen and oxygen atoms in total. The zero-order chi connectivity index (χ0) is 21.8. The maximum atomic E-state index is 13.5. The average Bonchev–Trinajstić information content (AvgIpc) is 3.29. The molecule has 162 valence electrons. The van der Waals surface area contributed by atoms with Gasteiger partial charge < -0.3 is 25.4 Å². The number of hydrogen-bond donors (Lipinski definition) is 3. The number of anilines is 1. The van der Waals surface area contributed by atoms with E-state index >= 15 is 0 Å². The molecular weight excluding hydrogens is 410 g/mol. The summed E-state index contributed by atoms with van der Waals surface area (Å²) in [6.07, 6.45) is 1.06. The molecular formula is C21H26ClN3O5. The third-order valence-corrected chi connectivity index (χ3v) is 7.09. The zero-order valence-electron chi connectivity index (χ0n) is 17.1. The molecule has 1 aromatic carbocycles. The van der Waals surface area contributed by atoms with Gasteiger partial charge in [-0.1, -0.05) is 11.6 Å². The smallest absolute Gasteiger partial charge is 0.250 e. The second-order valence-corrected chi connectivity index (χ2v) is 9.05. The topological polar surface area (TPSA) is 108 Å². The number of nitrogens with zero attached hydrogens (tertiary/aromatic N) is 1. The Morgan fingerprint density at radius 3 is 2.57 bits per heavy atom. The lowest BCUT2D eigenvalue weighted by atomic mass is 9.66. The Morgan fingerprint density at radius 2 is 1.97 bits per heavy atom. The minimum absolute atomic E-state index is 0.271. The van der Waals surface area contributed by atoms with Crippen LogP contribution in [0.3, 0.4) is 0 Å². The Labute approximate surface area is 179 Å². The number of rotatable bonds is 5. The summed E-state index contributed by atoms with van der Waals surface area (Å²) in [6, 6.07) is 5.11. The van der Waals surface area contributed by atoms with E-state index in [9.17, 15) is 19.5 Å². The first kappa shape index (κ1) is 21.1. The number of halogens is 1. The highest BCUT2D eigenvalue weighted by atomic mass is 35.5. The maximum absolute atomic E-state index is 13.5. The minimum Gasteiger partial charge on any atom is -0.394 e. The van der Waals surface area contributed by atoms with Gasteiger partial charge >= 0.3 is 0 Å².